The Labute approximate surface area is 233 Å². The van der Waals surface area contributed by atoms with Gasteiger partial charge in [0.2, 0.25) is 0 Å². The van der Waals surface area contributed by atoms with Crippen molar-refractivity contribution in [2.45, 2.75) is 26.2 Å². The number of nitrogens with zero attached hydrogens (tertiary/aromatic N) is 2. The van der Waals surface area contributed by atoms with Gasteiger partial charge in [-0.3, -0.25) is 0 Å². The van der Waals surface area contributed by atoms with Crippen molar-refractivity contribution in [3.05, 3.63) is 121 Å². The Balaban J connectivity index is 1.51. The Bertz CT molecular complexity index is 2110. The fourth-order valence-electron chi connectivity index (χ4n) is 6.20. The van der Waals surface area contributed by atoms with Crippen LogP contribution in [0, 0.1) is 0 Å². The van der Waals surface area contributed by atoms with Gasteiger partial charge in [-0.05, 0) is 73.6 Å². The third-order valence-corrected chi connectivity index (χ3v) is 8.33. The third-order valence-electron chi connectivity index (χ3n) is 8.33. The number of hydrogen-bond acceptors (Lipinski definition) is 2. The second-order valence-electron chi connectivity index (χ2n) is 11.9. The van der Waals surface area contributed by atoms with Gasteiger partial charge in [0.25, 0.3) is 0 Å². The highest BCUT2D eigenvalue weighted by molar-refractivity contribution is 6.28. The molecule has 0 saturated carbocycles. The van der Waals surface area contributed by atoms with Gasteiger partial charge in [0, 0.05) is 21.9 Å². The normalized spacial score (nSPS) is 12.4. The molecule has 0 bridgehead atoms. The molecule has 0 aliphatic carbocycles. The highest BCUT2D eigenvalue weighted by Crippen LogP contribution is 2.44. The van der Waals surface area contributed by atoms with Crippen molar-refractivity contribution in [1.29, 1.82) is 0 Å². The van der Waals surface area contributed by atoms with Crippen LogP contribution in [0.1, 0.15) is 26.3 Å². The fraction of sp³-hybridized carbons (Fsp3) is 0.105. The van der Waals surface area contributed by atoms with Gasteiger partial charge >= 0.3 is 0 Å². The van der Waals surface area contributed by atoms with E-state index in [4.69, 9.17) is 9.97 Å². The molecule has 0 saturated heterocycles. The van der Waals surface area contributed by atoms with Crippen LogP contribution in [0.4, 0.5) is 0 Å². The lowest BCUT2D eigenvalue weighted by Gasteiger charge is -2.22. The fourth-order valence-corrected chi connectivity index (χ4v) is 6.20. The first-order valence-corrected chi connectivity index (χ1v) is 13.9. The molecule has 40 heavy (non-hydrogen) atoms. The molecule has 2 heterocycles. The van der Waals surface area contributed by atoms with E-state index in [1.54, 1.807) is 0 Å². The van der Waals surface area contributed by atoms with E-state index in [9.17, 15) is 0 Å². The smallest absolute Gasteiger partial charge is 0.0716 e. The van der Waals surface area contributed by atoms with Crippen LogP contribution >= 0.6 is 0 Å². The summed E-state index contributed by atoms with van der Waals surface area (Å²) in [5.74, 6) is 0. The predicted octanol–water partition coefficient (Wildman–Crippen LogP) is 10.3. The number of hydrogen-bond donors (Lipinski definition) is 0. The van der Waals surface area contributed by atoms with E-state index in [1.807, 2.05) is 0 Å². The van der Waals surface area contributed by atoms with Crippen LogP contribution in [0.3, 0.4) is 0 Å². The van der Waals surface area contributed by atoms with E-state index in [0.29, 0.717) is 0 Å². The molecule has 0 atom stereocenters. The number of benzene rings is 6. The zero-order valence-corrected chi connectivity index (χ0v) is 22.9. The van der Waals surface area contributed by atoms with Gasteiger partial charge in [0.15, 0.2) is 0 Å². The van der Waals surface area contributed by atoms with Gasteiger partial charge < -0.3 is 0 Å². The van der Waals surface area contributed by atoms with Crippen LogP contribution in [0.25, 0.3) is 76.6 Å². The molecule has 2 nitrogen and oxygen atoms in total. The van der Waals surface area contributed by atoms with Crippen molar-refractivity contribution in [3.63, 3.8) is 0 Å². The lowest BCUT2D eigenvalue weighted by atomic mass is 9.82. The highest BCUT2D eigenvalue weighted by Gasteiger charge is 2.21. The molecule has 0 aliphatic heterocycles. The van der Waals surface area contributed by atoms with E-state index in [0.717, 1.165) is 44.3 Å². The molecule has 190 valence electrons. The monoisotopic (exact) mass is 512 g/mol. The predicted molar refractivity (Wildman–Crippen MR) is 170 cm³/mol. The molecule has 0 spiro atoms. The van der Waals surface area contributed by atoms with Crippen LogP contribution in [0.2, 0.25) is 0 Å². The maximum absolute atomic E-state index is 5.14. The molecule has 0 radical (unpaired) electrons. The summed E-state index contributed by atoms with van der Waals surface area (Å²) in [6, 6.07) is 41.5. The molecule has 0 fully saturated rings. The van der Waals surface area contributed by atoms with E-state index < -0.39 is 0 Å². The zero-order chi connectivity index (χ0) is 27.0. The highest BCUT2D eigenvalue weighted by atomic mass is 14.7. The minimum absolute atomic E-state index is 0.0742. The minimum atomic E-state index is 0.0742. The quantitative estimate of drug-likeness (QED) is 0.215. The first kappa shape index (κ1) is 23.1. The SMILES string of the molecule is CC(C)(C)c1cc2ccc3c(-c4ccc5ccccc5n4)cc(-c4ccc5ccccc5n4)c4ccc(c1)c2c34. The van der Waals surface area contributed by atoms with Crippen LogP contribution < -0.4 is 0 Å². The standard InChI is InChI=1S/C38H28N2/c1-38(2,3)27-20-25-12-16-28-30(34-18-14-23-8-4-6-10-32(23)39-34)22-31(29-17-13-26(21-27)36(25)37(28)29)35-19-15-24-9-5-7-11-33(24)40-35/h4-22H,1-3H3. The number of para-hydroxylation sites is 2. The van der Waals surface area contributed by atoms with Gasteiger partial charge in [-0.2, -0.15) is 0 Å². The molecular weight excluding hydrogens is 484 g/mol. The number of aromatic nitrogens is 2. The van der Waals surface area contributed by atoms with Crippen molar-refractivity contribution in [3.8, 4) is 22.5 Å². The molecule has 0 N–H and O–H groups in total. The van der Waals surface area contributed by atoms with Gasteiger partial charge in [0.1, 0.15) is 0 Å². The summed E-state index contributed by atoms with van der Waals surface area (Å²) in [5.41, 5.74) is 7.67. The maximum Gasteiger partial charge on any atom is 0.0716 e. The zero-order valence-electron chi connectivity index (χ0n) is 22.9. The molecule has 8 aromatic rings. The molecule has 2 heteroatoms. The maximum atomic E-state index is 5.14. The van der Waals surface area contributed by atoms with E-state index in [2.05, 4.69) is 136 Å². The molecule has 6 aromatic carbocycles. The van der Waals surface area contributed by atoms with Crippen molar-refractivity contribution in [2.24, 2.45) is 0 Å². The first-order valence-electron chi connectivity index (χ1n) is 13.9. The summed E-state index contributed by atoms with van der Waals surface area (Å²) in [4.78, 5) is 10.3. The van der Waals surface area contributed by atoms with Gasteiger partial charge in [-0.25, -0.2) is 9.97 Å². The molecule has 0 amide bonds. The lowest BCUT2D eigenvalue weighted by Crippen LogP contribution is -2.10. The Morgan fingerprint density at radius 1 is 0.450 bits per heavy atom. The summed E-state index contributed by atoms with van der Waals surface area (Å²) >= 11 is 0. The van der Waals surface area contributed by atoms with E-state index in [1.165, 1.54) is 37.9 Å². The third kappa shape index (κ3) is 3.49. The second-order valence-corrected chi connectivity index (χ2v) is 11.9. The van der Waals surface area contributed by atoms with Crippen molar-refractivity contribution < 1.29 is 0 Å². The largest absolute Gasteiger partial charge is 0.248 e. The molecule has 8 rings (SSSR count). The number of rotatable bonds is 2. The number of fused-ring (bicyclic) bond motifs is 2. The summed E-state index contributed by atoms with van der Waals surface area (Å²) in [6.45, 7) is 6.85. The average molecular weight is 513 g/mol. The van der Waals surface area contributed by atoms with Crippen LogP contribution in [0.15, 0.2) is 115 Å². The van der Waals surface area contributed by atoms with Crippen LogP contribution in [-0.2, 0) is 5.41 Å². The minimum Gasteiger partial charge on any atom is -0.248 e. The lowest BCUT2D eigenvalue weighted by molar-refractivity contribution is 0.591. The van der Waals surface area contributed by atoms with Gasteiger partial charge in [-0.1, -0.05) is 106 Å². The van der Waals surface area contributed by atoms with Crippen molar-refractivity contribution >= 4 is 54.1 Å². The van der Waals surface area contributed by atoms with Crippen LogP contribution in [-0.4, -0.2) is 9.97 Å². The summed E-state index contributed by atoms with van der Waals surface area (Å²) in [7, 11) is 0. The Morgan fingerprint density at radius 3 is 1.43 bits per heavy atom. The molecular formula is C38H28N2. The summed E-state index contributed by atoms with van der Waals surface area (Å²) in [5, 5.41) is 9.90. The topological polar surface area (TPSA) is 25.8 Å². The van der Waals surface area contributed by atoms with Crippen LogP contribution in [0.5, 0.6) is 0 Å². The number of pyridine rings is 2. The first-order chi connectivity index (χ1) is 19.4. The van der Waals surface area contributed by atoms with E-state index >= 15 is 0 Å². The van der Waals surface area contributed by atoms with Crippen molar-refractivity contribution in [2.75, 3.05) is 0 Å². The average Bonchev–Trinajstić information content (AvgIpc) is 2.98. The Hall–Kier alpha value is -4.82. The Morgan fingerprint density at radius 2 is 0.925 bits per heavy atom. The van der Waals surface area contributed by atoms with E-state index in [-0.39, 0.29) is 5.41 Å². The second kappa shape index (κ2) is 8.34. The molecule has 0 unspecified atom stereocenters. The van der Waals surface area contributed by atoms with Gasteiger partial charge in [-0.15, -0.1) is 0 Å². The molecule has 2 aromatic heterocycles. The van der Waals surface area contributed by atoms with Crippen molar-refractivity contribution in [1.82, 2.24) is 9.97 Å². The summed E-state index contributed by atoms with van der Waals surface area (Å²) < 4.78 is 0. The summed E-state index contributed by atoms with van der Waals surface area (Å²) in [6.07, 6.45) is 0. The molecule has 0 aliphatic rings. The van der Waals surface area contributed by atoms with Gasteiger partial charge in [0.05, 0.1) is 22.4 Å². The Kier molecular flexibility index (Phi) is 4.82.